The molecule has 0 aliphatic heterocycles. The Balaban J connectivity index is 2.35. The first kappa shape index (κ1) is 12.9. The molecular weight excluding hydrogens is 266 g/mol. The van der Waals surface area contributed by atoms with Gasteiger partial charge in [0, 0.05) is 6.07 Å². The van der Waals surface area contributed by atoms with Crippen LogP contribution in [0.5, 0.6) is 5.75 Å². The van der Waals surface area contributed by atoms with E-state index in [1.54, 1.807) is 0 Å². The van der Waals surface area contributed by atoms with E-state index in [0.29, 0.717) is 11.2 Å². The van der Waals surface area contributed by atoms with E-state index in [4.69, 9.17) is 5.26 Å². The topological polar surface area (TPSA) is 78.9 Å². The SMILES string of the molecule is Cc1ccc(-n2cnc3cc(O)cc(C#N)c3c2=O)cc1. The van der Waals surface area contributed by atoms with Gasteiger partial charge in [-0.25, -0.2) is 4.98 Å². The van der Waals surface area contributed by atoms with Crippen LogP contribution < -0.4 is 5.56 Å². The number of phenols is 1. The lowest BCUT2D eigenvalue weighted by Gasteiger charge is -2.08. The highest BCUT2D eigenvalue weighted by molar-refractivity contribution is 5.85. The third-order valence-corrected chi connectivity index (χ3v) is 3.28. The minimum atomic E-state index is -0.333. The zero-order valence-corrected chi connectivity index (χ0v) is 11.2. The average molecular weight is 277 g/mol. The molecular formula is C16H11N3O2. The largest absolute Gasteiger partial charge is 0.508 e. The average Bonchev–Trinajstić information content (AvgIpc) is 2.48. The number of nitriles is 1. The van der Waals surface area contributed by atoms with Crippen LogP contribution >= 0.6 is 0 Å². The number of hydrogen-bond acceptors (Lipinski definition) is 4. The third-order valence-electron chi connectivity index (χ3n) is 3.28. The maximum Gasteiger partial charge on any atom is 0.267 e. The van der Waals surface area contributed by atoms with Crippen molar-refractivity contribution in [3.05, 3.63) is 64.2 Å². The van der Waals surface area contributed by atoms with Crippen molar-refractivity contribution in [1.29, 1.82) is 5.26 Å². The quantitative estimate of drug-likeness (QED) is 0.740. The summed E-state index contributed by atoms with van der Waals surface area (Å²) < 4.78 is 1.39. The molecule has 0 aliphatic carbocycles. The van der Waals surface area contributed by atoms with E-state index in [1.807, 2.05) is 37.3 Å². The van der Waals surface area contributed by atoms with Crippen molar-refractivity contribution in [1.82, 2.24) is 9.55 Å². The molecule has 102 valence electrons. The van der Waals surface area contributed by atoms with E-state index >= 15 is 0 Å². The molecule has 3 aromatic rings. The first-order valence-electron chi connectivity index (χ1n) is 6.31. The van der Waals surface area contributed by atoms with E-state index in [0.717, 1.165) is 5.56 Å². The van der Waals surface area contributed by atoms with Crippen molar-refractivity contribution in [2.24, 2.45) is 0 Å². The number of nitrogens with zero attached hydrogens (tertiary/aromatic N) is 3. The molecule has 1 N–H and O–H groups in total. The molecule has 0 bridgehead atoms. The van der Waals surface area contributed by atoms with E-state index < -0.39 is 0 Å². The van der Waals surface area contributed by atoms with Crippen molar-refractivity contribution in [3.63, 3.8) is 0 Å². The fourth-order valence-electron chi connectivity index (χ4n) is 2.21. The summed E-state index contributed by atoms with van der Waals surface area (Å²) in [7, 11) is 0. The van der Waals surface area contributed by atoms with Gasteiger partial charge in [-0.3, -0.25) is 9.36 Å². The van der Waals surface area contributed by atoms with Crippen LogP contribution in [0.2, 0.25) is 0 Å². The van der Waals surface area contributed by atoms with E-state index in [-0.39, 0.29) is 22.3 Å². The molecule has 3 rings (SSSR count). The Bertz CT molecular complexity index is 935. The summed E-state index contributed by atoms with van der Waals surface area (Å²) in [5, 5.41) is 18.9. The number of rotatable bonds is 1. The monoisotopic (exact) mass is 277 g/mol. The lowest BCUT2D eigenvalue weighted by Crippen LogP contribution is -2.19. The highest BCUT2D eigenvalue weighted by Gasteiger charge is 2.11. The molecule has 1 aromatic heterocycles. The molecule has 0 amide bonds. The van der Waals surface area contributed by atoms with Crippen LogP contribution in [0.15, 0.2) is 47.5 Å². The van der Waals surface area contributed by atoms with Gasteiger partial charge < -0.3 is 5.11 Å². The Hall–Kier alpha value is -3.13. The van der Waals surface area contributed by atoms with Crippen molar-refractivity contribution in [2.45, 2.75) is 6.92 Å². The van der Waals surface area contributed by atoms with E-state index in [1.165, 1.54) is 23.0 Å². The summed E-state index contributed by atoms with van der Waals surface area (Å²) in [6, 6.07) is 12.0. The minimum absolute atomic E-state index is 0.0842. The second-order valence-corrected chi connectivity index (χ2v) is 4.75. The molecule has 0 unspecified atom stereocenters. The minimum Gasteiger partial charge on any atom is -0.508 e. The Labute approximate surface area is 120 Å². The Morgan fingerprint density at radius 1 is 1.24 bits per heavy atom. The molecule has 21 heavy (non-hydrogen) atoms. The Morgan fingerprint density at radius 3 is 2.62 bits per heavy atom. The van der Waals surface area contributed by atoms with Gasteiger partial charge in [0.15, 0.2) is 0 Å². The molecule has 0 spiro atoms. The standard InChI is InChI=1S/C16H11N3O2/c1-10-2-4-12(5-3-10)19-9-18-14-7-13(20)6-11(8-17)15(14)16(19)21/h2-7,9,20H,1H3. The second kappa shape index (κ2) is 4.76. The number of hydrogen-bond donors (Lipinski definition) is 1. The summed E-state index contributed by atoms with van der Waals surface area (Å²) >= 11 is 0. The van der Waals surface area contributed by atoms with Crippen molar-refractivity contribution in [2.75, 3.05) is 0 Å². The molecule has 0 atom stereocenters. The van der Waals surface area contributed by atoms with Crippen LogP contribution in [0, 0.1) is 18.3 Å². The molecule has 0 saturated carbocycles. The van der Waals surface area contributed by atoms with Gasteiger partial charge in [0.2, 0.25) is 0 Å². The lowest BCUT2D eigenvalue weighted by atomic mass is 10.1. The maximum absolute atomic E-state index is 12.6. The molecule has 0 saturated heterocycles. The van der Waals surface area contributed by atoms with Crippen molar-refractivity contribution >= 4 is 10.9 Å². The van der Waals surface area contributed by atoms with Crippen LogP contribution in [0.25, 0.3) is 16.6 Å². The van der Waals surface area contributed by atoms with Gasteiger partial charge in [-0.2, -0.15) is 5.26 Å². The first-order chi connectivity index (χ1) is 10.1. The summed E-state index contributed by atoms with van der Waals surface area (Å²) in [6.45, 7) is 1.96. The number of aromatic nitrogens is 2. The zero-order chi connectivity index (χ0) is 15.0. The van der Waals surface area contributed by atoms with Crippen LogP contribution in [0.3, 0.4) is 0 Å². The molecule has 0 fully saturated rings. The molecule has 0 radical (unpaired) electrons. The summed E-state index contributed by atoms with van der Waals surface area (Å²) in [6.07, 6.45) is 1.40. The van der Waals surface area contributed by atoms with Crippen LogP contribution in [0.1, 0.15) is 11.1 Å². The molecule has 5 nitrogen and oxygen atoms in total. The second-order valence-electron chi connectivity index (χ2n) is 4.75. The lowest BCUT2D eigenvalue weighted by molar-refractivity contribution is 0.476. The normalized spacial score (nSPS) is 10.5. The number of aryl methyl sites for hydroxylation is 1. The molecule has 0 aliphatic rings. The van der Waals surface area contributed by atoms with Gasteiger partial charge >= 0.3 is 0 Å². The Kier molecular flexibility index (Phi) is 2.92. The third kappa shape index (κ3) is 2.13. The highest BCUT2D eigenvalue weighted by Crippen LogP contribution is 2.20. The van der Waals surface area contributed by atoms with Gasteiger partial charge in [0.1, 0.15) is 18.1 Å². The number of aromatic hydroxyl groups is 1. The summed E-state index contributed by atoms with van der Waals surface area (Å²) in [5.41, 5.74) is 1.85. The first-order valence-corrected chi connectivity index (χ1v) is 6.31. The van der Waals surface area contributed by atoms with Gasteiger partial charge in [-0.15, -0.1) is 0 Å². The van der Waals surface area contributed by atoms with E-state index in [9.17, 15) is 9.90 Å². The Morgan fingerprint density at radius 2 is 1.95 bits per heavy atom. The highest BCUT2D eigenvalue weighted by atomic mass is 16.3. The number of fused-ring (bicyclic) bond motifs is 1. The van der Waals surface area contributed by atoms with Gasteiger partial charge in [0.25, 0.3) is 5.56 Å². The van der Waals surface area contributed by atoms with Crippen molar-refractivity contribution < 1.29 is 5.11 Å². The number of benzene rings is 2. The fraction of sp³-hybridized carbons (Fsp3) is 0.0625. The van der Waals surface area contributed by atoms with Crippen LogP contribution in [0.4, 0.5) is 0 Å². The maximum atomic E-state index is 12.6. The summed E-state index contributed by atoms with van der Waals surface area (Å²) in [5.74, 6) is -0.0842. The smallest absolute Gasteiger partial charge is 0.267 e. The molecule has 2 aromatic carbocycles. The van der Waals surface area contributed by atoms with Crippen molar-refractivity contribution in [3.8, 4) is 17.5 Å². The number of phenolic OH excluding ortho intramolecular Hbond substituents is 1. The van der Waals surface area contributed by atoms with Gasteiger partial charge in [-0.05, 0) is 25.1 Å². The summed E-state index contributed by atoms with van der Waals surface area (Å²) in [4.78, 5) is 16.8. The van der Waals surface area contributed by atoms with Gasteiger partial charge in [0.05, 0.1) is 22.2 Å². The predicted octanol–water partition coefficient (Wildman–Crippen LogP) is 2.27. The van der Waals surface area contributed by atoms with Gasteiger partial charge in [-0.1, -0.05) is 17.7 Å². The molecule has 1 heterocycles. The van der Waals surface area contributed by atoms with Crippen LogP contribution in [-0.4, -0.2) is 14.7 Å². The zero-order valence-electron chi connectivity index (χ0n) is 11.2. The predicted molar refractivity (Wildman–Crippen MR) is 78.5 cm³/mol. The van der Waals surface area contributed by atoms with E-state index in [2.05, 4.69) is 4.98 Å². The van der Waals surface area contributed by atoms with Crippen LogP contribution in [-0.2, 0) is 0 Å². The molecule has 5 heteroatoms. The fourth-order valence-corrected chi connectivity index (χ4v) is 2.21.